The summed E-state index contributed by atoms with van der Waals surface area (Å²) in [6.07, 6.45) is 0. The zero-order valence-corrected chi connectivity index (χ0v) is 8.41. The van der Waals surface area contributed by atoms with Gasteiger partial charge in [-0.1, -0.05) is 0 Å². The molecular weight excluding hydrogens is 198 g/mol. The van der Waals surface area contributed by atoms with Crippen molar-refractivity contribution >= 4 is 32.9 Å². The van der Waals surface area contributed by atoms with Crippen LogP contribution in [0, 0.1) is 0 Å². The molecule has 3 rings (SSSR count). The number of rotatable bonds is 1. The maximum atomic E-state index is 3.40. The molecule has 0 aliphatic rings. The molecule has 0 spiro atoms. The van der Waals surface area contributed by atoms with Crippen molar-refractivity contribution < 1.29 is 0 Å². The van der Waals surface area contributed by atoms with Gasteiger partial charge in [-0.25, -0.2) is 0 Å². The van der Waals surface area contributed by atoms with Gasteiger partial charge in [0.1, 0.15) is 0 Å². The summed E-state index contributed by atoms with van der Waals surface area (Å²) in [4.78, 5) is 3.40. The van der Waals surface area contributed by atoms with E-state index in [2.05, 4.69) is 39.3 Å². The number of aromatic amines is 1. The first kappa shape index (κ1) is 7.35. The molecule has 1 nitrogen and oxygen atoms in total. The molecule has 0 aliphatic carbocycles. The zero-order chi connectivity index (χ0) is 8.67. The molecule has 1 N–H and O–H groups in total. The Hall–Kier alpha value is -1.06. The van der Waals surface area contributed by atoms with E-state index in [-0.39, 0.29) is 0 Å². The van der Waals surface area contributed by atoms with E-state index in [9.17, 15) is 0 Å². The van der Waals surface area contributed by atoms with Gasteiger partial charge in [-0.3, -0.25) is 0 Å². The monoisotopic (exact) mass is 205 g/mol. The van der Waals surface area contributed by atoms with Crippen LogP contribution in [0.15, 0.2) is 34.3 Å². The van der Waals surface area contributed by atoms with Crippen LogP contribution >= 0.6 is 22.7 Å². The molecule has 0 atom stereocenters. The molecule has 64 valence electrons. The normalized spacial score (nSPS) is 11.1. The molecule has 0 bridgehead atoms. The van der Waals surface area contributed by atoms with E-state index in [1.54, 1.807) is 22.7 Å². The molecule has 0 saturated carbocycles. The fraction of sp³-hybridized carbons (Fsp3) is 0. The number of H-pyrrole nitrogens is 1. The molecule has 0 aromatic carbocycles. The summed E-state index contributed by atoms with van der Waals surface area (Å²) in [6, 6.07) is 6.47. The molecule has 3 aromatic rings. The quantitative estimate of drug-likeness (QED) is 0.619. The van der Waals surface area contributed by atoms with Crippen molar-refractivity contribution in [2.24, 2.45) is 0 Å². The van der Waals surface area contributed by atoms with Gasteiger partial charge in [0.05, 0.1) is 10.2 Å². The molecule has 0 radical (unpaired) electrons. The van der Waals surface area contributed by atoms with Gasteiger partial charge >= 0.3 is 0 Å². The molecule has 3 heteroatoms. The summed E-state index contributed by atoms with van der Waals surface area (Å²) in [5.74, 6) is 0. The third kappa shape index (κ3) is 1.12. The van der Waals surface area contributed by atoms with Crippen molar-refractivity contribution in [1.29, 1.82) is 0 Å². The maximum Gasteiger partial charge on any atom is 0.0568 e. The summed E-state index contributed by atoms with van der Waals surface area (Å²) in [6.45, 7) is 0. The topological polar surface area (TPSA) is 15.8 Å². The maximum absolute atomic E-state index is 3.40. The number of hydrogen-bond donors (Lipinski definition) is 1. The van der Waals surface area contributed by atoms with Crippen molar-refractivity contribution in [3.05, 3.63) is 34.3 Å². The van der Waals surface area contributed by atoms with Gasteiger partial charge in [0.2, 0.25) is 0 Å². The average molecular weight is 205 g/mol. The smallest absolute Gasteiger partial charge is 0.0568 e. The first-order valence-electron chi connectivity index (χ1n) is 4.02. The van der Waals surface area contributed by atoms with E-state index in [0.29, 0.717) is 0 Å². The highest BCUT2D eigenvalue weighted by Gasteiger charge is 2.03. The Morgan fingerprint density at radius 2 is 2.15 bits per heavy atom. The van der Waals surface area contributed by atoms with Crippen LogP contribution in [0.5, 0.6) is 0 Å². The fourth-order valence-corrected chi connectivity index (χ4v) is 2.86. The average Bonchev–Trinajstić information content (AvgIpc) is 2.78. The van der Waals surface area contributed by atoms with E-state index in [4.69, 9.17) is 0 Å². The Kier molecular flexibility index (Phi) is 1.54. The molecule has 3 aromatic heterocycles. The van der Waals surface area contributed by atoms with E-state index >= 15 is 0 Å². The lowest BCUT2D eigenvalue weighted by Gasteiger charge is -1.88. The van der Waals surface area contributed by atoms with E-state index in [1.807, 2.05) is 0 Å². The van der Waals surface area contributed by atoms with Gasteiger partial charge in [0.25, 0.3) is 0 Å². The van der Waals surface area contributed by atoms with Crippen LogP contribution < -0.4 is 0 Å². The van der Waals surface area contributed by atoms with Gasteiger partial charge in [0, 0.05) is 16.6 Å². The largest absolute Gasteiger partial charge is 0.354 e. The summed E-state index contributed by atoms with van der Waals surface area (Å²) < 4.78 is 1.33. The zero-order valence-electron chi connectivity index (χ0n) is 6.78. The predicted molar refractivity (Wildman–Crippen MR) is 59.5 cm³/mol. The van der Waals surface area contributed by atoms with Crippen LogP contribution in [0.25, 0.3) is 21.5 Å². The van der Waals surface area contributed by atoms with E-state index < -0.39 is 0 Å². The molecule has 3 heterocycles. The van der Waals surface area contributed by atoms with Crippen molar-refractivity contribution in [2.75, 3.05) is 0 Å². The number of nitrogens with one attached hydrogen (secondary N) is 1. The van der Waals surface area contributed by atoms with Crippen molar-refractivity contribution in [3.63, 3.8) is 0 Å². The molecule has 0 saturated heterocycles. The highest BCUT2D eigenvalue weighted by atomic mass is 32.1. The Morgan fingerprint density at radius 1 is 1.15 bits per heavy atom. The second-order valence-corrected chi connectivity index (χ2v) is 4.62. The third-order valence-electron chi connectivity index (χ3n) is 2.07. The van der Waals surface area contributed by atoms with Crippen LogP contribution in [-0.4, -0.2) is 4.98 Å². The highest BCUT2D eigenvalue weighted by molar-refractivity contribution is 7.17. The highest BCUT2D eigenvalue weighted by Crippen LogP contribution is 2.28. The van der Waals surface area contributed by atoms with E-state index in [0.717, 1.165) is 0 Å². The molecule has 0 amide bonds. The fourth-order valence-electron chi connectivity index (χ4n) is 1.42. The Bertz CT molecular complexity index is 487. The van der Waals surface area contributed by atoms with Gasteiger partial charge in [-0.2, -0.15) is 11.3 Å². The molecule has 13 heavy (non-hydrogen) atoms. The lowest BCUT2D eigenvalue weighted by atomic mass is 10.2. The van der Waals surface area contributed by atoms with Crippen LogP contribution in [0.1, 0.15) is 0 Å². The second-order valence-electron chi connectivity index (χ2n) is 2.89. The Labute approximate surface area is 83.7 Å². The van der Waals surface area contributed by atoms with Crippen molar-refractivity contribution in [1.82, 2.24) is 4.98 Å². The number of hydrogen-bond acceptors (Lipinski definition) is 2. The Morgan fingerprint density at radius 3 is 2.92 bits per heavy atom. The Balaban J connectivity index is 2.23. The summed E-state index contributed by atoms with van der Waals surface area (Å²) >= 11 is 3.51. The minimum absolute atomic E-state index is 1.23. The van der Waals surface area contributed by atoms with Crippen molar-refractivity contribution in [2.45, 2.75) is 0 Å². The van der Waals surface area contributed by atoms with Gasteiger partial charge < -0.3 is 4.98 Å². The standard InChI is InChI=1S/C10H7NS2/c1-3-12-6-7(1)9-5-10-8(11-9)2-4-13-10/h1-6,11H. The lowest BCUT2D eigenvalue weighted by Crippen LogP contribution is -1.69. The SMILES string of the molecule is c1cc(-c2cc3sccc3[nH]2)cs1. The van der Waals surface area contributed by atoms with Crippen LogP contribution in [-0.2, 0) is 0 Å². The minimum Gasteiger partial charge on any atom is -0.354 e. The summed E-state index contributed by atoms with van der Waals surface area (Å²) in [7, 11) is 0. The number of thiophene rings is 2. The molecular formula is C10H7NS2. The van der Waals surface area contributed by atoms with Gasteiger partial charge in [0.15, 0.2) is 0 Å². The van der Waals surface area contributed by atoms with Gasteiger partial charge in [-0.05, 0) is 29.0 Å². The van der Waals surface area contributed by atoms with Gasteiger partial charge in [-0.15, -0.1) is 11.3 Å². The number of aromatic nitrogens is 1. The summed E-state index contributed by atoms with van der Waals surface area (Å²) in [5.41, 5.74) is 3.75. The predicted octanol–water partition coefficient (Wildman–Crippen LogP) is 3.96. The lowest BCUT2D eigenvalue weighted by molar-refractivity contribution is 1.47. The van der Waals surface area contributed by atoms with Crippen LogP contribution in [0.4, 0.5) is 0 Å². The third-order valence-corrected chi connectivity index (χ3v) is 3.62. The molecule has 0 fully saturated rings. The first-order chi connectivity index (χ1) is 6.43. The van der Waals surface area contributed by atoms with E-state index in [1.165, 1.54) is 21.5 Å². The first-order valence-corrected chi connectivity index (χ1v) is 5.84. The van der Waals surface area contributed by atoms with Crippen molar-refractivity contribution in [3.8, 4) is 11.3 Å². The number of fused-ring (bicyclic) bond motifs is 1. The molecule has 0 aliphatic heterocycles. The summed E-state index contributed by atoms with van der Waals surface area (Å²) in [5, 5.41) is 6.37. The minimum atomic E-state index is 1.23. The van der Waals surface area contributed by atoms with Crippen LogP contribution in [0.3, 0.4) is 0 Å². The second kappa shape index (κ2) is 2.72. The van der Waals surface area contributed by atoms with Crippen LogP contribution in [0.2, 0.25) is 0 Å². The molecule has 0 unspecified atom stereocenters.